The Balaban J connectivity index is 2.13. The molecule has 2 aromatic rings. The van der Waals surface area contributed by atoms with Crippen molar-refractivity contribution in [1.29, 1.82) is 0 Å². The summed E-state index contributed by atoms with van der Waals surface area (Å²) in [5, 5.41) is 2.63. The molecule has 0 bridgehead atoms. The minimum atomic E-state index is -4.39. The summed E-state index contributed by atoms with van der Waals surface area (Å²) in [6, 6.07) is 7.31. The van der Waals surface area contributed by atoms with Gasteiger partial charge in [0.05, 0.1) is 0 Å². The molecule has 3 nitrogen and oxygen atoms in total. The summed E-state index contributed by atoms with van der Waals surface area (Å²) in [5.74, 6) is -4.53. The predicted octanol–water partition coefficient (Wildman–Crippen LogP) is 5.51. The third kappa shape index (κ3) is 7.46. The van der Waals surface area contributed by atoms with E-state index in [0.29, 0.717) is 11.1 Å². The molecule has 174 valence electrons. The van der Waals surface area contributed by atoms with E-state index >= 15 is 0 Å². The Morgan fingerprint density at radius 2 is 1.75 bits per heavy atom. The maximum Gasteiger partial charge on any atom is 0.446 e. The zero-order valence-corrected chi connectivity index (χ0v) is 19.9. The van der Waals surface area contributed by atoms with Gasteiger partial charge < -0.3 is 0 Å². The summed E-state index contributed by atoms with van der Waals surface area (Å²) >= 11 is 1.15. The molecule has 0 aliphatic rings. The van der Waals surface area contributed by atoms with E-state index in [1.54, 1.807) is 12.3 Å². The number of hydrogen-bond acceptors (Lipinski definition) is 4. The van der Waals surface area contributed by atoms with E-state index in [0.717, 1.165) is 23.8 Å². The summed E-state index contributed by atoms with van der Waals surface area (Å²) in [7, 11) is 2.40. The third-order valence-electron chi connectivity index (χ3n) is 4.63. The van der Waals surface area contributed by atoms with Crippen LogP contribution in [0.3, 0.4) is 0 Å². The fraction of sp³-hybridized carbons (Fsp3) is 0.333. The van der Waals surface area contributed by atoms with Crippen LogP contribution in [0.25, 0.3) is 0 Å². The van der Waals surface area contributed by atoms with Gasteiger partial charge >= 0.3 is 5.51 Å². The van der Waals surface area contributed by atoms with Gasteiger partial charge in [-0.25, -0.2) is 8.78 Å². The summed E-state index contributed by atoms with van der Waals surface area (Å²) < 4.78 is 65.4. The highest BCUT2D eigenvalue weighted by Gasteiger charge is 2.30. The van der Waals surface area contributed by atoms with E-state index in [1.807, 2.05) is 6.92 Å². The molecule has 0 spiro atoms. The molecule has 0 saturated carbocycles. The first-order valence-electron chi connectivity index (χ1n) is 9.36. The fourth-order valence-electron chi connectivity index (χ4n) is 3.20. The van der Waals surface area contributed by atoms with Crippen molar-refractivity contribution < 1.29 is 31.5 Å². The normalized spacial score (nSPS) is 13.5. The van der Waals surface area contributed by atoms with Crippen LogP contribution in [0, 0.1) is 17.6 Å². The first-order chi connectivity index (χ1) is 14.9. The topological polar surface area (TPSA) is 46.2 Å². The summed E-state index contributed by atoms with van der Waals surface area (Å²) in [6.45, 7) is 1.82. The predicted molar refractivity (Wildman–Crippen MR) is 121 cm³/mol. The lowest BCUT2D eigenvalue weighted by molar-refractivity contribution is -0.123. The summed E-state index contributed by atoms with van der Waals surface area (Å²) in [4.78, 5) is 25.0. The lowest BCUT2D eigenvalue weighted by Gasteiger charge is -2.21. The van der Waals surface area contributed by atoms with Crippen LogP contribution in [-0.2, 0) is 4.79 Å². The van der Waals surface area contributed by atoms with Gasteiger partial charge in [-0.05, 0) is 65.5 Å². The fourth-order valence-corrected chi connectivity index (χ4v) is 5.16. The van der Waals surface area contributed by atoms with Gasteiger partial charge in [-0.1, -0.05) is 19.1 Å². The average molecular weight is 510 g/mol. The molecule has 3 atom stereocenters. The van der Waals surface area contributed by atoms with E-state index in [4.69, 9.17) is 0 Å². The number of hydrogen-bond donors (Lipinski definition) is 1. The number of amides is 2. The molecular weight excluding hydrogens is 488 g/mol. The van der Waals surface area contributed by atoms with E-state index in [1.165, 1.54) is 23.9 Å². The van der Waals surface area contributed by atoms with E-state index in [9.17, 15) is 31.5 Å². The molecule has 0 aliphatic carbocycles. The van der Waals surface area contributed by atoms with Crippen LogP contribution in [0.1, 0.15) is 35.2 Å². The molecular formula is C21H21F5NO2PS2. The quantitative estimate of drug-likeness (QED) is 0.290. The number of benzene rings is 2. The van der Waals surface area contributed by atoms with Crippen molar-refractivity contribution in [2.45, 2.75) is 29.7 Å². The van der Waals surface area contributed by atoms with Crippen molar-refractivity contribution in [3.8, 4) is 0 Å². The molecule has 0 aliphatic heterocycles. The Morgan fingerprint density at radius 1 is 1.12 bits per heavy atom. The van der Waals surface area contributed by atoms with Crippen molar-refractivity contribution >= 4 is 49.9 Å². The van der Waals surface area contributed by atoms with Gasteiger partial charge in [0.25, 0.3) is 5.91 Å². The molecule has 0 saturated heterocycles. The van der Waals surface area contributed by atoms with Gasteiger partial charge in [-0.3, -0.25) is 14.9 Å². The van der Waals surface area contributed by atoms with Crippen molar-refractivity contribution in [2.75, 3.05) is 12.0 Å². The summed E-state index contributed by atoms with van der Waals surface area (Å²) in [6.07, 6.45) is 2.06. The number of thioether (sulfide) groups is 2. The number of imide groups is 1. The third-order valence-corrected chi connectivity index (χ3v) is 6.58. The Morgan fingerprint density at radius 3 is 2.28 bits per heavy atom. The van der Waals surface area contributed by atoms with Crippen LogP contribution in [0.4, 0.5) is 22.0 Å². The second-order valence-corrected chi connectivity index (χ2v) is 9.71. The number of rotatable bonds is 8. The first-order valence-corrected chi connectivity index (χ1v) is 12.1. The number of alkyl halides is 3. The zero-order valence-electron chi connectivity index (χ0n) is 17.1. The molecule has 0 aromatic heterocycles. The van der Waals surface area contributed by atoms with Crippen LogP contribution in [0.15, 0.2) is 41.3 Å². The van der Waals surface area contributed by atoms with Crippen LogP contribution < -0.4 is 10.6 Å². The van der Waals surface area contributed by atoms with Gasteiger partial charge in [0, 0.05) is 16.6 Å². The smallest absolute Gasteiger partial charge is 0.292 e. The molecule has 3 unspecified atom stereocenters. The molecule has 0 heterocycles. The second-order valence-electron chi connectivity index (χ2n) is 7.04. The van der Waals surface area contributed by atoms with E-state index < -0.39 is 40.4 Å². The molecule has 0 fully saturated rings. The maximum atomic E-state index is 13.8. The monoisotopic (exact) mass is 509 g/mol. The van der Waals surface area contributed by atoms with Gasteiger partial charge in [0.15, 0.2) is 0 Å². The minimum Gasteiger partial charge on any atom is -0.292 e. The maximum absolute atomic E-state index is 13.8. The SMILES string of the molecule is CSCC(CC(C)c1ccc(SC(F)(F)F)cc1P)C(=O)NC(=O)c1c(F)cccc1F. The Labute approximate surface area is 193 Å². The average Bonchev–Trinajstić information content (AvgIpc) is 2.66. The van der Waals surface area contributed by atoms with Crippen molar-refractivity contribution in [1.82, 2.24) is 5.32 Å². The molecule has 2 rings (SSSR count). The Hall–Kier alpha value is -1.64. The van der Waals surface area contributed by atoms with Crippen LogP contribution in [0.2, 0.25) is 0 Å². The van der Waals surface area contributed by atoms with E-state index in [-0.39, 0.29) is 29.0 Å². The molecule has 0 radical (unpaired) electrons. The highest BCUT2D eigenvalue weighted by atomic mass is 32.2. The van der Waals surface area contributed by atoms with Crippen molar-refractivity contribution in [3.05, 3.63) is 59.2 Å². The zero-order chi connectivity index (χ0) is 24.1. The molecule has 2 amide bonds. The number of halogens is 5. The number of nitrogens with one attached hydrogen (secondary N) is 1. The number of carbonyl (C=O) groups is 2. The summed E-state index contributed by atoms with van der Waals surface area (Å²) in [5.41, 5.74) is -4.48. The molecule has 11 heteroatoms. The van der Waals surface area contributed by atoms with Crippen molar-refractivity contribution in [2.24, 2.45) is 5.92 Å². The number of carbonyl (C=O) groups excluding carboxylic acids is 2. The minimum absolute atomic E-state index is 0.0503. The highest BCUT2D eigenvalue weighted by Crippen LogP contribution is 2.37. The lowest BCUT2D eigenvalue weighted by atomic mass is 9.90. The standard InChI is InChI=1S/C21H21F5NO2PS2/c1-11(14-7-6-13(9-17(14)30)32-21(24,25)26)8-12(10-31-2)19(28)27-20(29)18-15(22)4-3-5-16(18)23/h3-7,9,11-12H,8,10,30H2,1-2H3,(H,27,28,29). The largest absolute Gasteiger partial charge is 0.446 e. The Kier molecular flexibility index (Phi) is 9.54. The highest BCUT2D eigenvalue weighted by molar-refractivity contribution is 8.00. The molecule has 32 heavy (non-hydrogen) atoms. The molecule has 1 N–H and O–H groups in total. The first kappa shape index (κ1) is 26.6. The van der Waals surface area contributed by atoms with Crippen molar-refractivity contribution in [3.63, 3.8) is 0 Å². The van der Waals surface area contributed by atoms with Gasteiger partial charge in [-0.15, -0.1) is 9.24 Å². The van der Waals surface area contributed by atoms with Crippen LogP contribution >= 0.6 is 32.8 Å². The van der Waals surface area contributed by atoms with Gasteiger partial charge in [0.1, 0.15) is 17.2 Å². The van der Waals surface area contributed by atoms with Crippen LogP contribution in [0.5, 0.6) is 0 Å². The molecule has 2 aromatic carbocycles. The Bertz CT molecular complexity index is 967. The van der Waals surface area contributed by atoms with Crippen LogP contribution in [-0.4, -0.2) is 29.3 Å². The van der Waals surface area contributed by atoms with Gasteiger partial charge in [-0.2, -0.15) is 24.9 Å². The van der Waals surface area contributed by atoms with Gasteiger partial charge in [0.2, 0.25) is 5.91 Å². The van der Waals surface area contributed by atoms with E-state index in [2.05, 4.69) is 14.6 Å². The second kappa shape index (κ2) is 11.5. The lowest BCUT2D eigenvalue weighted by Crippen LogP contribution is -2.38.